The Morgan fingerprint density at radius 2 is 1.20 bits per heavy atom. The van der Waals surface area contributed by atoms with E-state index in [1.807, 2.05) is 24.3 Å². The van der Waals surface area contributed by atoms with Gasteiger partial charge in [-0.1, -0.05) is 170 Å². The monoisotopic (exact) mass is 844 g/mol. The standard InChI is InChI=1S/C61H40N4O/c1-64-55(43-23-10-8-21-41(43)39-17-4-2-5-18-39)36-51(63-61(64)40-19-6-3-7-20-40)50-35-38(37-62)31-32-47(50)57-45-25-11-9-22-42(45)46-33-34-53-58(59(46)57)49-26-12-14-28-52(49)65(53)54-29-16-27-48-44-24-13-15-30-56(44)66-60(48)54/h2-36,55,57H,1H3. The van der Waals surface area contributed by atoms with E-state index in [4.69, 9.17) is 9.41 Å². The number of furan rings is 1. The summed E-state index contributed by atoms with van der Waals surface area (Å²) in [6, 6.07) is 75.2. The van der Waals surface area contributed by atoms with Crippen molar-refractivity contribution in [3.05, 3.63) is 251 Å². The van der Waals surface area contributed by atoms with Crippen LogP contribution in [0.2, 0.25) is 0 Å². The number of rotatable bonds is 6. The number of para-hydroxylation sites is 3. The first-order chi connectivity index (χ1) is 32.6. The molecule has 1 aliphatic carbocycles. The lowest BCUT2D eigenvalue weighted by atomic mass is 9.82. The zero-order chi connectivity index (χ0) is 43.9. The Balaban J connectivity index is 1.08. The number of likely N-dealkylation sites (N-methyl/N-ethyl adjacent to an activating group) is 1. The maximum absolute atomic E-state index is 10.6. The van der Waals surface area contributed by atoms with E-state index in [1.54, 1.807) is 0 Å². The number of aromatic nitrogens is 1. The van der Waals surface area contributed by atoms with Crippen LogP contribution in [0.5, 0.6) is 0 Å². The van der Waals surface area contributed by atoms with Crippen molar-refractivity contribution in [1.29, 1.82) is 5.26 Å². The second-order valence-electron chi connectivity index (χ2n) is 17.3. The number of fused-ring (bicyclic) bond motifs is 10. The van der Waals surface area contributed by atoms with Gasteiger partial charge in [0, 0.05) is 45.6 Å². The summed E-state index contributed by atoms with van der Waals surface area (Å²) in [6.45, 7) is 0. The molecule has 0 saturated carbocycles. The molecule has 0 saturated heterocycles. The molecule has 0 N–H and O–H groups in total. The van der Waals surface area contributed by atoms with Crippen molar-refractivity contribution in [1.82, 2.24) is 9.47 Å². The SMILES string of the molecule is CN1C(c2ccccc2)=NC(c2cc(C#N)ccc2C2c3ccccc3-c3ccc4c(c32)c2ccccc2n4-c2cccc3c2oc2ccccc23)=CC1c1ccccc1-c1ccccc1. The van der Waals surface area contributed by atoms with Crippen molar-refractivity contribution in [2.24, 2.45) is 4.99 Å². The highest BCUT2D eigenvalue weighted by molar-refractivity contribution is 6.16. The minimum atomic E-state index is -0.171. The van der Waals surface area contributed by atoms with E-state index >= 15 is 0 Å². The highest BCUT2D eigenvalue weighted by Crippen LogP contribution is 2.54. The van der Waals surface area contributed by atoms with Crippen LogP contribution >= 0.6 is 0 Å². The predicted molar refractivity (Wildman–Crippen MR) is 269 cm³/mol. The van der Waals surface area contributed by atoms with E-state index in [2.05, 4.69) is 211 Å². The molecule has 13 rings (SSSR count). The molecule has 11 aromatic rings. The van der Waals surface area contributed by atoms with E-state index in [0.29, 0.717) is 5.56 Å². The predicted octanol–water partition coefficient (Wildman–Crippen LogP) is 14.9. The number of amidine groups is 1. The summed E-state index contributed by atoms with van der Waals surface area (Å²) in [4.78, 5) is 7.87. The molecule has 1 aliphatic heterocycles. The van der Waals surface area contributed by atoms with Crippen LogP contribution in [-0.2, 0) is 0 Å². The fraction of sp³-hybridized carbons (Fsp3) is 0.0492. The topological polar surface area (TPSA) is 57.5 Å². The average molecular weight is 845 g/mol. The van der Waals surface area contributed by atoms with Crippen LogP contribution in [0.4, 0.5) is 0 Å². The van der Waals surface area contributed by atoms with Crippen molar-refractivity contribution in [3.8, 4) is 34.0 Å². The molecule has 0 spiro atoms. The highest BCUT2D eigenvalue weighted by atomic mass is 16.3. The summed E-state index contributed by atoms with van der Waals surface area (Å²) in [6.07, 6.45) is 2.30. The number of nitrogens with zero attached hydrogens (tertiary/aromatic N) is 4. The quantitative estimate of drug-likeness (QED) is 0.168. The molecule has 0 amide bonds. The van der Waals surface area contributed by atoms with Gasteiger partial charge < -0.3 is 13.9 Å². The lowest BCUT2D eigenvalue weighted by Gasteiger charge is -2.35. The van der Waals surface area contributed by atoms with Gasteiger partial charge in [-0.05, 0) is 87.0 Å². The first-order valence-electron chi connectivity index (χ1n) is 22.5. The van der Waals surface area contributed by atoms with Crippen LogP contribution in [0.3, 0.4) is 0 Å². The van der Waals surface area contributed by atoms with E-state index in [1.165, 1.54) is 44.2 Å². The first kappa shape index (κ1) is 37.8. The van der Waals surface area contributed by atoms with Crippen LogP contribution in [0.25, 0.3) is 77.4 Å². The zero-order valence-corrected chi connectivity index (χ0v) is 36.1. The zero-order valence-electron chi connectivity index (χ0n) is 36.1. The molecule has 0 fully saturated rings. The minimum Gasteiger partial charge on any atom is -0.454 e. The van der Waals surface area contributed by atoms with Gasteiger partial charge in [-0.15, -0.1) is 0 Å². The molecule has 9 aromatic carbocycles. The summed E-state index contributed by atoms with van der Waals surface area (Å²) in [5.41, 5.74) is 17.9. The first-order valence-corrected chi connectivity index (χ1v) is 22.5. The lowest BCUT2D eigenvalue weighted by molar-refractivity contribution is 0.435. The van der Waals surface area contributed by atoms with Gasteiger partial charge in [0.2, 0.25) is 0 Å². The number of benzene rings is 9. The Hall–Kier alpha value is -8.72. The van der Waals surface area contributed by atoms with Gasteiger partial charge in [-0.2, -0.15) is 5.26 Å². The minimum absolute atomic E-state index is 0.170. The number of hydrogen-bond acceptors (Lipinski definition) is 4. The third-order valence-electron chi connectivity index (χ3n) is 13.8. The summed E-state index contributed by atoms with van der Waals surface area (Å²) < 4.78 is 9.08. The molecule has 2 atom stereocenters. The van der Waals surface area contributed by atoms with Crippen LogP contribution in [0, 0.1) is 11.3 Å². The van der Waals surface area contributed by atoms with Crippen LogP contribution in [0.1, 0.15) is 50.9 Å². The molecule has 2 aromatic heterocycles. The second-order valence-corrected chi connectivity index (χ2v) is 17.3. The van der Waals surface area contributed by atoms with Crippen molar-refractivity contribution < 1.29 is 4.42 Å². The molecule has 2 aliphatic rings. The molecular weight excluding hydrogens is 805 g/mol. The Labute approximate surface area is 382 Å². The fourth-order valence-corrected chi connectivity index (χ4v) is 10.9. The maximum atomic E-state index is 10.6. The lowest BCUT2D eigenvalue weighted by Crippen LogP contribution is -2.34. The molecule has 5 nitrogen and oxygen atoms in total. The third kappa shape index (κ3) is 5.68. The van der Waals surface area contributed by atoms with Crippen molar-refractivity contribution in [2.45, 2.75) is 12.0 Å². The average Bonchev–Trinajstić information content (AvgIpc) is 4.05. The van der Waals surface area contributed by atoms with Gasteiger partial charge in [0.05, 0.1) is 40.1 Å². The molecule has 0 bridgehead atoms. The van der Waals surface area contributed by atoms with Crippen molar-refractivity contribution in [2.75, 3.05) is 7.05 Å². The fourth-order valence-electron chi connectivity index (χ4n) is 10.9. The van der Waals surface area contributed by atoms with E-state index < -0.39 is 0 Å². The van der Waals surface area contributed by atoms with E-state index in [-0.39, 0.29) is 12.0 Å². The summed E-state index contributed by atoms with van der Waals surface area (Å²) in [7, 11) is 2.14. The van der Waals surface area contributed by atoms with Gasteiger partial charge in [-0.3, -0.25) is 0 Å². The normalized spacial score (nSPS) is 15.5. The molecule has 66 heavy (non-hydrogen) atoms. The number of hydrogen-bond donors (Lipinski definition) is 0. The maximum Gasteiger partial charge on any atom is 0.159 e. The van der Waals surface area contributed by atoms with Crippen LogP contribution < -0.4 is 0 Å². The second kappa shape index (κ2) is 14.9. The van der Waals surface area contributed by atoms with E-state index in [9.17, 15) is 5.26 Å². The molecule has 310 valence electrons. The van der Waals surface area contributed by atoms with Gasteiger partial charge >= 0.3 is 0 Å². The van der Waals surface area contributed by atoms with Gasteiger partial charge in [0.15, 0.2) is 5.58 Å². The molecule has 3 heterocycles. The Kier molecular flexibility index (Phi) is 8.56. The Bertz CT molecular complexity index is 3870. The summed E-state index contributed by atoms with van der Waals surface area (Å²) in [5, 5.41) is 15.1. The van der Waals surface area contributed by atoms with Crippen LogP contribution in [-0.4, -0.2) is 22.4 Å². The molecule has 5 heteroatoms. The molecular formula is C61H40N4O. The van der Waals surface area contributed by atoms with Crippen molar-refractivity contribution in [3.63, 3.8) is 0 Å². The van der Waals surface area contributed by atoms with Gasteiger partial charge in [0.1, 0.15) is 11.4 Å². The number of aliphatic imine (C=N–C) groups is 1. The van der Waals surface area contributed by atoms with Crippen LogP contribution in [0.15, 0.2) is 222 Å². The summed E-state index contributed by atoms with van der Waals surface area (Å²) in [5.74, 6) is 0.696. The Morgan fingerprint density at radius 1 is 0.530 bits per heavy atom. The van der Waals surface area contributed by atoms with E-state index in [0.717, 1.165) is 72.4 Å². The van der Waals surface area contributed by atoms with Gasteiger partial charge in [0.25, 0.3) is 0 Å². The molecule has 2 unspecified atom stereocenters. The summed E-state index contributed by atoms with van der Waals surface area (Å²) >= 11 is 0. The largest absolute Gasteiger partial charge is 0.454 e. The third-order valence-corrected chi connectivity index (χ3v) is 13.8. The number of nitriles is 1. The highest BCUT2D eigenvalue weighted by Gasteiger charge is 2.36. The van der Waals surface area contributed by atoms with Crippen molar-refractivity contribution >= 4 is 55.3 Å². The Morgan fingerprint density at radius 3 is 2.02 bits per heavy atom. The smallest absolute Gasteiger partial charge is 0.159 e. The molecule has 0 radical (unpaired) electrons. The van der Waals surface area contributed by atoms with Gasteiger partial charge in [-0.25, -0.2) is 4.99 Å².